The molecule has 2 aromatic carbocycles. The van der Waals surface area contributed by atoms with Crippen LogP contribution in [0.25, 0.3) is 0 Å². The van der Waals surface area contributed by atoms with Crippen LogP contribution < -0.4 is 19.5 Å². The highest BCUT2D eigenvalue weighted by Gasteiger charge is 2.10. The zero-order chi connectivity index (χ0) is 16.7. The van der Waals surface area contributed by atoms with Crippen LogP contribution in [0.5, 0.6) is 17.2 Å². The number of hydrogen-bond acceptors (Lipinski definition) is 4. The van der Waals surface area contributed by atoms with E-state index in [2.05, 4.69) is 5.32 Å². The maximum absolute atomic E-state index is 12.2. The summed E-state index contributed by atoms with van der Waals surface area (Å²) in [5, 5.41) is 2.90. The minimum absolute atomic E-state index is 0.0839. The lowest BCUT2D eigenvalue weighted by molar-refractivity contribution is -0.120. The van der Waals surface area contributed by atoms with Crippen LogP contribution >= 0.6 is 0 Å². The molecular weight excluding hydrogens is 294 g/mol. The number of carbonyl (C=O) groups excluding carboxylic acids is 1. The molecule has 23 heavy (non-hydrogen) atoms. The molecule has 122 valence electrons. The molecule has 2 rings (SSSR count). The number of amides is 1. The Kier molecular flexibility index (Phi) is 5.86. The molecule has 0 heterocycles. The first-order valence-corrected chi connectivity index (χ1v) is 7.26. The summed E-state index contributed by atoms with van der Waals surface area (Å²) in [6.07, 6.45) is 0.227. The molecule has 0 aliphatic carbocycles. The first-order valence-electron chi connectivity index (χ1n) is 7.26. The maximum Gasteiger partial charge on any atom is 0.224 e. The van der Waals surface area contributed by atoms with Crippen LogP contribution in [0.4, 0.5) is 0 Å². The molecular formula is C18H21NO4. The van der Waals surface area contributed by atoms with E-state index in [1.165, 1.54) is 0 Å². The van der Waals surface area contributed by atoms with Gasteiger partial charge in [-0.3, -0.25) is 4.79 Å². The third kappa shape index (κ3) is 4.64. The Bertz CT molecular complexity index is 670. The fourth-order valence-corrected chi connectivity index (χ4v) is 2.24. The van der Waals surface area contributed by atoms with E-state index >= 15 is 0 Å². The number of methoxy groups -OCH3 is 3. The molecule has 0 atom stereocenters. The summed E-state index contributed by atoms with van der Waals surface area (Å²) in [7, 11) is 4.79. The second-order valence-corrected chi connectivity index (χ2v) is 4.98. The number of hydrogen-bond donors (Lipinski definition) is 1. The minimum atomic E-state index is -0.0839. The van der Waals surface area contributed by atoms with Crippen LogP contribution in [0.3, 0.4) is 0 Å². The number of ether oxygens (including phenoxy) is 3. The number of benzene rings is 2. The van der Waals surface area contributed by atoms with E-state index < -0.39 is 0 Å². The lowest BCUT2D eigenvalue weighted by Crippen LogP contribution is -2.24. The van der Waals surface area contributed by atoms with Crippen molar-refractivity contribution in [2.45, 2.75) is 13.0 Å². The molecule has 0 saturated carbocycles. The van der Waals surface area contributed by atoms with Gasteiger partial charge in [0.25, 0.3) is 0 Å². The van der Waals surface area contributed by atoms with Crippen molar-refractivity contribution in [3.8, 4) is 17.2 Å². The van der Waals surface area contributed by atoms with Gasteiger partial charge < -0.3 is 19.5 Å². The zero-order valence-electron chi connectivity index (χ0n) is 13.6. The standard InChI is InChI=1S/C18H21NO4/c1-21-15-6-4-5-13(9-15)12-19-18(20)11-14-10-16(22-2)7-8-17(14)23-3/h4-10H,11-12H2,1-3H3,(H,19,20). The van der Waals surface area contributed by atoms with E-state index in [-0.39, 0.29) is 12.3 Å². The monoisotopic (exact) mass is 315 g/mol. The molecule has 0 aliphatic heterocycles. The van der Waals surface area contributed by atoms with Crippen LogP contribution in [0.2, 0.25) is 0 Å². The van der Waals surface area contributed by atoms with Crippen molar-refractivity contribution in [2.75, 3.05) is 21.3 Å². The summed E-state index contributed by atoms with van der Waals surface area (Å²) in [6, 6.07) is 13.0. The Morgan fingerprint density at radius 1 is 0.957 bits per heavy atom. The molecule has 0 radical (unpaired) electrons. The predicted octanol–water partition coefficient (Wildman–Crippen LogP) is 2.57. The summed E-state index contributed by atoms with van der Waals surface area (Å²) in [6.45, 7) is 0.447. The smallest absolute Gasteiger partial charge is 0.224 e. The molecule has 2 aromatic rings. The van der Waals surface area contributed by atoms with Gasteiger partial charge in [0.1, 0.15) is 17.2 Å². The Hall–Kier alpha value is -2.69. The quantitative estimate of drug-likeness (QED) is 0.853. The number of rotatable bonds is 7. The third-order valence-electron chi connectivity index (χ3n) is 3.46. The molecule has 1 N–H and O–H groups in total. The molecule has 0 fully saturated rings. The predicted molar refractivity (Wildman–Crippen MR) is 88.1 cm³/mol. The van der Waals surface area contributed by atoms with E-state index in [0.29, 0.717) is 18.0 Å². The van der Waals surface area contributed by atoms with Gasteiger partial charge in [-0.25, -0.2) is 0 Å². The Morgan fingerprint density at radius 2 is 1.70 bits per heavy atom. The lowest BCUT2D eigenvalue weighted by atomic mass is 10.1. The van der Waals surface area contributed by atoms with E-state index in [0.717, 1.165) is 16.9 Å². The van der Waals surface area contributed by atoms with E-state index in [1.54, 1.807) is 33.5 Å². The second-order valence-electron chi connectivity index (χ2n) is 4.98. The first-order chi connectivity index (χ1) is 11.2. The van der Waals surface area contributed by atoms with Crippen LogP contribution in [-0.4, -0.2) is 27.2 Å². The number of nitrogens with one attached hydrogen (secondary N) is 1. The molecule has 0 aliphatic rings. The Morgan fingerprint density at radius 3 is 2.39 bits per heavy atom. The zero-order valence-corrected chi connectivity index (χ0v) is 13.6. The van der Waals surface area contributed by atoms with Gasteiger partial charge in [-0.1, -0.05) is 12.1 Å². The first kappa shape index (κ1) is 16.7. The Balaban J connectivity index is 1.99. The third-order valence-corrected chi connectivity index (χ3v) is 3.46. The van der Waals surface area contributed by atoms with Gasteiger partial charge in [-0.05, 0) is 35.9 Å². The van der Waals surface area contributed by atoms with Crippen LogP contribution in [-0.2, 0) is 17.8 Å². The highest BCUT2D eigenvalue weighted by molar-refractivity contribution is 5.79. The van der Waals surface area contributed by atoms with Crippen molar-refractivity contribution in [2.24, 2.45) is 0 Å². The highest BCUT2D eigenvalue weighted by Crippen LogP contribution is 2.24. The molecule has 0 aromatic heterocycles. The molecule has 0 spiro atoms. The van der Waals surface area contributed by atoms with Crippen molar-refractivity contribution in [1.29, 1.82) is 0 Å². The van der Waals surface area contributed by atoms with Crippen LogP contribution in [0.1, 0.15) is 11.1 Å². The highest BCUT2D eigenvalue weighted by atomic mass is 16.5. The lowest BCUT2D eigenvalue weighted by Gasteiger charge is -2.11. The minimum Gasteiger partial charge on any atom is -0.497 e. The van der Waals surface area contributed by atoms with Gasteiger partial charge in [0.15, 0.2) is 0 Å². The summed E-state index contributed by atoms with van der Waals surface area (Å²) >= 11 is 0. The van der Waals surface area contributed by atoms with Crippen molar-refractivity contribution in [3.05, 3.63) is 53.6 Å². The van der Waals surface area contributed by atoms with E-state index in [4.69, 9.17) is 14.2 Å². The van der Waals surface area contributed by atoms with Gasteiger partial charge in [0, 0.05) is 12.1 Å². The largest absolute Gasteiger partial charge is 0.497 e. The van der Waals surface area contributed by atoms with E-state index in [1.807, 2.05) is 30.3 Å². The van der Waals surface area contributed by atoms with Crippen LogP contribution in [0, 0.1) is 0 Å². The second kappa shape index (κ2) is 8.08. The topological polar surface area (TPSA) is 56.8 Å². The maximum atomic E-state index is 12.2. The molecule has 0 saturated heterocycles. The van der Waals surface area contributed by atoms with E-state index in [9.17, 15) is 4.79 Å². The van der Waals surface area contributed by atoms with Gasteiger partial charge in [0.05, 0.1) is 27.8 Å². The molecule has 5 nitrogen and oxygen atoms in total. The fraction of sp³-hybridized carbons (Fsp3) is 0.278. The summed E-state index contributed by atoms with van der Waals surface area (Å²) in [5.74, 6) is 2.05. The average Bonchev–Trinajstić information content (AvgIpc) is 2.60. The van der Waals surface area contributed by atoms with Crippen molar-refractivity contribution >= 4 is 5.91 Å². The van der Waals surface area contributed by atoms with Gasteiger partial charge >= 0.3 is 0 Å². The fourth-order valence-electron chi connectivity index (χ4n) is 2.24. The molecule has 0 unspecified atom stereocenters. The molecule has 0 bridgehead atoms. The van der Waals surface area contributed by atoms with Crippen molar-refractivity contribution < 1.29 is 19.0 Å². The van der Waals surface area contributed by atoms with Gasteiger partial charge in [0.2, 0.25) is 5.91 Å². The molecule has 5 heteroatoms. The summed E-state index contributed by atoms with van der Waals surface area (Å²) in [4.78, 5) is 12.2. The van der Waals surface area contributed by atoms with Crippen LogP contribution in [0.15, 0.2) is 42.5 Å². The van der Waals surface area contributed by atoms with Crippen molar-refractivity contribution in [1.82, 2.24) is 5.32 Å². The van der Waals surface area contributed by atoms with Gasteiger partial charge in [-0.15, -0.1) is 0 Å². The summed E-state index contributed by atoms with van der Waals surface area (Å²) < 4.78 is 15.6. The van der Waals surface area contributed by atoms with Gasteiger partial charge in [-0.2, -0.15) is 0 Å². The average molecular weight is 315 g/mol. The molecule has 1 amide bonds. The summed E-state index contributed by atoms with van der Waals surface area (Å²) in [5.41, 5.74) is 1.77. The Labute approximate surface area is 136 Å². The number of carbonyl (C=O) groups is 1. The SMILES string of the molecule is COc1cccc(CNC(=O)Cc2cc(OC)ccc2OC)c1. The van der Waals surface area contributed by atoms with Crippen molar-refractivity contribution in [3.63, 3.8) is 0 Å². The normalized spacial score (nSPS) is 10.0.